The van der Waals surface area contributed by atoms with Crippen molar-refractivity contribution in [3.05, 3.63) is 47.8 Å². The van der Waals surface area contributed by atoms with E-state index in [2.05, 4.69) is 53.9 Å². The molecule has 136 valence electrons. The highest BCUT2D eigenvalue weighted by atomic mass is 16.3. The van der Waals surface area contributed by atoms with Gasteiger partial charge in [0.15, 0.2) is 0 Å². The molecule has 1 aromatic carbocycles. The molecule has 3 rings (SSSR count). The van der Waals surface area contributed by atoms with Crippen molar-refractivity contribution in [3.8, 4) is 5.69 Å². The predicted molar refractivity (Wildman–Crippen MR) is 101 cm³/mol. The average Bonchev–Trinajstić information content (AvgIpc) is 3.09. The van der Waals surface area contributed by atoms with Crippen molar-refractivity contribution in [1.29, 1.82) is 0 Å². The van der Waals surface area contributed by atoms with Gasteiger partial charge in [-0.25, -0.2) is 4.68 Å². The second-order valence-electron chi connectivity index (χ2n) is 7.32. The number of rotatable bonds is 6. The van der Waals surface area contributed by atoms with Gasteiger partial charge in [0.05, 0.1) is 5.69 Å². The molecule has 0 saturated carbocycles. The molecular weight excluding hydrogens is 312 g/mol. The van der Waals surface area contributed by atoms with Crippen LogP contribution < -0.4 is 0 Å². The van der Waals surface area contributed by atoms with Crippen LogP contribution in [0, 0.1) is 6.92 Å². The summed E-state index contributed by atoms with van der Waals surface area (Å²) in [6.45, 7) is 10.9. The minimum Gasteiger partial charge on any atom is -0.396 e. The van der Waals surface area contributed by atoms with Gasteiger partial charge in [-0.3, -0.25) is 9.80 Å². The molecular formula is C20H30N4O. The Kier molecular flexibility index (Phi) is 5.89. The number of benzene rings is 1. The summed E-state index contributed by atoms with van der Waals surface area (Å²) >= 11 is 0. The summed E-state index contributed by atoms with van der Waals surface area (Å²) in [6.07, 6.45) is 4.66. The zero-order valence-electron chi connectivity index (χ0n) is 15.6. The molecule has 1 aliphatic rings. The van der Waals surface area contributed by atoms with Crippen LogP contribution in [0.3, 0.4) is 0 Å². The first kappa shape index (κ1) is 18.1. The van der Waals surface area contributed by atoms with Crippen LogP contribution in [0.15, 0.2) is 36.7 Å². The summed E-state index contributed by atoms with van der Waals surface area (Å²) in [7, 11) is 0. The summed E-state index contributed by atoms with van der Waals surface area (Å²) < 4.78 is 1.95. The fraction of sp³-hybridized carbons (Fsp3) is 0.550. The normalized spacial score (nSPS) is 19.6. The number of aromatic nitrogens is 2. The lowest BCUT2D eigenvalue weighted by Crippen LogP contribution is -2.55. The number of aryl methyl sites for hydroxylation is 1. The Morgan fingerprint density at radius 2 is 2.12 bits per heavy atom. The van der Waals surface area contributed by atoms with E-state index in [1.165, 1.54) is 11.1 Å². The van der Waals surface area contributed by atoms with Gasteiger partial charge < -0.3 is 5.11 Å². The zero-order valence-corrected chi connectivity index (χ0v) is 15.6. The van der Waals surface area contributed by atoms with E-state index in [1.54, 1.807) is 0 Å². The van der Waals surface area contributed by atoms with E-state index in [1.807, 2.05) is 23.1 Å². The van der Waals surface area contributed by atoms with Crippen LogP contribution in [0.4, 0.5) is 0 Å². The van der Waals surface area contributed by atoms with Gasteiger partial charge in [-0.15, -0.1) is 0 Å². The Bertz CT molecular complexity index is 668. The van der Waals surface area contributed by atoms with E-state index in [4.69, 9.17) is 0 Å². The first-order valence-electron chi connectivity index (χ1n) is 9.27. The monoisotopic (exact) mass is 342 g/mol. The number of nitrogens with zero attached hydrogens (tertiary/aromatic N) is 4. The molecule has 25 heavy (non-hydrogen) atoms. The predicted octanol–water partition coefficient (Wildman–Crippen LogP) is 2.46. The molecule has 1 atom stereocenters. The molecule has 0 amide bonds. The second kappa shape index (κ2) is 8.13. The summed E-state index contributed by atoms with van der Waals surface area (Å²) in [5.74, 6) is 0. The molecule has 1 saturated heterocycles. The average molecular weight is 342 g/mol. The van der Waals surface area contributed by atoms with Crippen molar-refractivity contribution in [3.63, 3.8) is 0 Å². The summed E-state index contributed by atoms with van der Waals surface area (Å²) in [5.41, 5.74) is 3.74. The van der Waals surface area contributed by atoms with Gasteiger partial charge in [0.1, 0.15) is 0 Å². The summed E-state index contributed by atoms with van der Waals surface area (Å²) in [6, 6.07) is 9.49. The molecule has 0 spiro atoms. The van der Waals surface area contributed by atoms with Crippen LogP contribution in [0.5, 0.6) is 0 Å². The number of aliphatic hydroxyl groups excluding tert-OH is 1. The highest BCUT2D eigenvalue weighted by Gasteiger charge is 2.28. The van der Waals surface area contributed by atoms with E-state index in [0.717, 1.165) is 38.3 Å². The molecule has 2 heterocycles. The van der Waals surface area contributed by atoms with E-state index >= 15 is 0 Å². The SMILES string of the molecule is Cc1ccc(-n2cccn2)c(CN2CCN(C(C)C)C(CCO)C2)c1. The summed E-state index contributed by atoms with van der Waals surface area (Å²) in [5, 5.41) is 13.8. The van der Waals surface area contributed by atoms with E-state index in [0.29, 0.717) is 12.1 Å². The van der Waals surface area contributed by atoms with Gasteiger partial charge >= 0.3 is 0 Å². The molecule has 0 aliphatic carbocycles. The zero-order chi connectivity index (χ0) is 17.8. The molecule has 1 unspecified atom stereocenters. The Hall–Kier alpha value is -1.69. The van der Waals surface area contributed by atoms with Gasteiger partial charge in [-0.2, -0.15) is 5.10 Å². The van der Waals surface area contributed by atoms with Crippen molar-refractivity contribution >= 4 is 0 Å². The lowest BCUT2D eigenvalue weighted by molar-refractivity contribution is 0.0349. The third-order valence-electron chi connectivity index (χ3n) is 5.12. The van der Waals surface area contributed by atoms with Crippen molar-refractivity contribution in [2.45, 2.75) is 45.8 Å². The third-order valence-corrected chi connectivity index (χ3v) is 5.12. The number of aliphatic hydroxyl groups is 1. The maximum absolute atomic E-state index is 9.44. The molecule has 1 N–H and O–H groups in total. The van der Waals surface area contributed by atoms with Gasteiger partial charge in [0, 0.05) is 57.3 Å². The lowest BCUT2D eigenvalue weighted by atomic mass is 10.0. The Morgan fingerprint density at radius 3 is 2.80 bits per heavy atom. The maximum Gasteiger partial charge on any atom is 0.0690 e. The Labute approximate surface area is 150 Å². The third kappa shape index (κ3) is 4.29. The minimum atomic E-state index is 0.255. The molecule has 1 aromatic heterocycles. The molecule has 1 aliphatic heterocycles. The first-order valence-corrected chi connectivity index (χ1v) is 9.27. The molecule has 0 radical (unpaired) electrons. The molecule has 5 heteroatoms. The highest BCUT2D eigenvalue weighted by molar-refractivity contribution is 5.42. The van der Waals surface area contributed by atoms with Crippen LogP contribution in [-0.4, -0.2) is 63.0 Å². The van der Waals surface area contributed by atoms with Crippen LogP contribution in [0.1, 0.15) is 31.4 Å². The molecule has 0 bridgehead atoms. The van der Waals surface area contributed by atoms with E-state index in [9.17, 15) is 5.11 Å². The van der Waals surface area contributed by atoms with Crippen LogP contribution in [0.25, 0.3) is 5.69 Å². The quantitative estimate of drug-likeness (QED) is 0.876. The fourth-order valence-electron chi connectivity index (χ4n) is 3.88. The second-order valence-corrected chi connectivity index (χ2v) is 7.32. The number of hydrogen-bond donors (Lipinski definition) is 1. The number of hydrogen-bond acceptors (Lipinski definition) is 4. The smallest absolute Gasteiger partial charge is 0.0690 e. The standard InChI is InChI=1S/C20H30N4O/c1-16(2)23-11-10-22(15-19(23)7-12-25)14-18-13-17(3)5-6-20(18)24-9-4-8-21-24/h4-6,8-9,13,16,19,25H,7,10-12,14-15H2,1-3H3. The minimum absolute atomic E-state index is 0.255. The molecule has 5 nitrogen and oxygen atoms in total. The number of piperazine rings is 1. The van der Waals surface area contributed by atoms with Crippen molar-refractivity contribution in [1.82, 2.24) is 19.6 Å². The Balaban J connectivity index is 1.77. The van der Waals surface area contributed by atoms with Gasteiger partial charge in [0.25, 0.3) is 0 Å². The topological polar surface area (TPSA) is 44.5 Å². The van der Waals surface area contributed by atoms with Crippen LogP contribution in [-0.2, 0) is 6.54 Å². The van der Waals surface area contributed by atoms with Crippen LogP contribution >= 0.6 is 0 Å². The van der Waals surface area contributed by atoms with E-state index < -0.39 is 0 Å². The van der Waals surface area contributed by atoms with Crippen molar-refractivity contribution in [2.75, 3.05) is 26.2 Å². The fourth-order valence-corrected chi connectivity index (χ4v) is 3.88. The van der Waals surface area contributed by atoms with Crippen molar-refractivity contribution in [2.24, 2.45) is 0 Å². The van der Waals surface area contributed by atoms with Crippen LogP contribution in [0.2, 0.25) is 0 Å². The van der Waals surface area contributed by atoms with Gasteiger partial charge in [-0.05, 0) is 44.9 Å². The molecule has 2 aromatic rings. The largest absolute Gasteiger partial charge is 0.396 e. The van der Waals surface area contributed by atoms with Gasteiger partial charge in [0.2, 0.25) is 0 Å². The van der Waals surface area contributed by atoms with Crippen molar-refractivity contribution < 1.29 is 5.11 Å². The first-order chi connectivity index (χ1) is 12.1. The lowest BCUT2D eigenvalue weighted by Gasteiger charge is -2.43. The Morgan fingerprint density at radius 1 is 1.28 bits per heavy atom. The molecule has 1 fully saturated rings. The van der Waals surface area contributed by atoms with Gasteiger partial charge in [-0.1, -0.05) is 17.7 Å². The summed E-state index contributed by atoms with van der Waals surface area (Å²) in [4.78, 5) is 5.04. The highest BCUT2D eigenvalue weighted by Crippen LogP contribution is 2.22. The maximum atomic E-state index is 9.44. The van der Waals surface area contributed by atoms with E-state index in [-0.39, 0.29) is 6.61 Å².